The van der Waals surface area contributed by atoms with E-state index in [1.807, 2.05) is 16.5 Å². The standard InChI is InChI=1S/C20H22N4OS/c25-19(23-8-3-4-9-23)18-17(24-11-12-26-20(24)21-18)14-22-10-7-15-5-1-2-6-16(15)13-22/h1-2,5-6,11-12H,3-4,7-10,13-14H2. The number of rotatable bonds is 3. The molecule has 0 unspecified atom stereocenters. The zero-order valence-electron chi connectivity index (χ0n) is 14.7. The van der Waals surface area contributed by atoms with Gasteiger partial charge >= 0.3 is 0 Å². The number of aromatic nitrogens is 2. The molecule has 0 bridgehead atoms. The van der Waals surface area contributed by atoms with Crippen LogP contribution in [0.1, 0.15) is 40.2 Å². The lowest BCUT2D eigenvalue weighted by molar-refractivity contribution is 0.0785. The van der Waals surface area contributed by atoms with Crippen molar-refractivity contribution in [3.8, 4) is 0 Å². The molecule has 1 aromatic carbocycles. The van der Waals surface area contributed by atoms with Gasteiger partial charge in [0.05, 0.1) is 5.69 Å². The Balaban J connectivity index is 1.45. The summed E-state index contributed by atoms with van der Waals surface area (Å²) in [6.45, 7) is 4.44. The molecule has 1 amide bonds. The molecule has 6 heteroatoms. The quantitative estimate of drug-likeness (QED) is 0.715. The average molecular weight is 366 g/mol. The summed E-state index contributed by atoms with van der Waals surface area (Å²) in [6, 6.07) is 8.67. The van der Waals surface area contributed by atoms with E-state index in [-0.39, 0.29) is 5.91 Å². The van der Waals surface area contributed by atoms with Crippen LogP contribution in [0, 0.1) is 0 Å². The Hall–Kier alpha value is -2.18. The van der Waals surface area contributed by atoms with Crippen LogP contribution in [-0.4, -0.2) is 44.7 Å². The SMILES string of the molecule is O=C(c1nc2sccn2c1CN1CCc2ccccc2C1)N1CCCC1. The van der Waals surface area contributed by atoms with Crippen LogP contribution >= 0.6 is 11.3 Å². The van der Waals surface area contributed by atoms with E-state index in [0.717, 1.165) is 62.6 Å². The van der Waals surface area contributed by atoms with Crippen LogP contribution in [0.4, 0.5) is 0 Å². The van der Waals surface area contributed by atoms with E-state index in [9.17, 15) is 4.79 Å². The highest BCUT2D eigenvalue weighted by atomic mass is 32.1. The number of thiazole rings is 1. The van der Waals surface area contributed by atoms with E-state index in [2.05, 4.69) is 33.6 Å². The van der Waals surface area contributed by atoms with Crippen molar-refractivity contribution in [3.05, 3.63) is 58.4 Å². The highest BCUT2D eigenvalue weighted by Crippen LogP contribution is 2.25. The number of nitrogens with zero attached hydrogens (tertiary/aromatic N) is 4. The molecule has 0 N–H and O–H groups in total. The molecule has 5 rings (SSSR count). The number of carbonyl (C=O) groups is 1. The van der Waals surface area contributed by atoms with E-state index in [1.54, 1.807) is 11.3 Å². The minimum absolute atomic E-state index is 0.103. The van der Waals surface area contributed by atoms with Crippen LogP contribution in [0.5, 0.6) is 0 Å². The normalized spacial score (nSPS) is 17.8. The van der Waals surface area contributed by atoms with E-state index in [1.165, 1.54) is 11.1 Å². The van der Waals surface area contributed by atoms with E-state index < -0.39 is 0 Å². The van der Waals surface area contributed by atoms with Crippen molar-refractivity contribution in [2.24, 2.45) is 0 Å². The van der Waals surface area contributed by atoms with Crippen molar-refractivity contribution in [3.63, 3.8) is 0 Å². The Labute approximate surface area is 156 Å². The summed E-state index contributed by atoms with van der Waals surface area (Å²) >= 11 is 1.60. The van der Waals surface area contributed by atoms with Crippen LogP contribution in [0.15, 0.2) is 35.8 Å². The summed E-state index contributed by atoms with van der Waals surface area (Å²) in [5, 5.41) is 2.04. The molecule has 2 aliphatic rings. The second-order valence-electron chi connectivity index (χ2n) is 7.19. The van der Waals surface area contributed by atoms with Crippen LogP contribution in [0.25, 0.3) is 4.96 Å². The maximum Gasteiger partial charge on any atom is 0.274 e. The third-order valence-corrected chi connectivity index (χ3v) is 6.30. The Morgan fingerprint density at radius 1 is 1.12 bits per heavy atom. The summed E-state index contributed by atoms with van der Waals surface area (Å²) in [5.41, 5.74) is 4.54. The summed E-state index contributed by atoms with van der Waals surface area (Å²) in [6.07, 6.45) is 5.32. The second-order valence-corrected chi connectivity index (χ2v) is 8.06. The lowest BCUT2D eigenvalue weighted by atomic mass is 10.00. The Kier molecular flexibility index (Phi) is 4.02. The summed E-state index contributed by atoms with van der Waals surface area (Å²) in [7, 11) is 0. The minimum atomic E-state index is 0.103. The number of carbonyl (C=O) groups excluding carboxylic acids is 1. The lowest BCUT2D eigenvalue weighted by Crippen LogP contribution is -2.33. The molecule has 4 heterocycles. The summed E-state index contributed by atoms with van der Waals surface area (Å²) in [5.74, 6) is 0.103. The molecule has 2 aromatic heterocycles. The first kappa shape index (κ1) is 16.0. The van der Waals surface area contributed by atoms with E-state index in [4.69, 9.17) is 4.98 Å². The van der Waals surface area contributed by atoms with Gasteiger partial charge < -0.3 is 4.90 Å². The Morgan fingerprint density at radius 3 is 2.77 bits per heavy atom. The third-order valence-electron chi connectivity index (χ3n) is 5.54. The van der Waals surface area contributed by atoms with Crippen LogP contribution in [0.2, 0.25) is 0 Å². The van der Waals surface area contributed by atoms with Crippen molar-refractivity contribution in [2.75, 3.05) is 19.6 Å². The van der Waals surface area contributed by atoms with E-state index in [0.29, 0.717) is 5.69 Å². The molecule has 0 spiro atoms. The van der Waals surface area contributed by atoms with Crippen LogP contribution in [0.3, 0.4) is 0 Å². The van der Waals surface area contributed by atoms with E-state index >= 15 is 0 Å². The van der Waals surface area contributed by atoms with Gasteiger partial charge in [0, 0.05) is 44.3 Å². The second kappa shape index (κ2) is 6.52. The van der Waals surface area contributed by atoms with Gasteiger partial charge in [-0.2, -0.15) is 0 Å². The molecular weight excluding hydrogens is 344 g/mol. The van der Waals surface area contributed by atoms with Gasteiger partial charge in [0.2, 0.25) is 0 Å². The van der Waals surface area contributed by atoms with Gasteiger partial charge in [-0.25, -0.2) is 4.98 Å². The topological polar surface area (TPSA) is 40.9 Å². The molecule has 26 heavy (non-hydrogen) atoms. The third kappa shape index (κ3) is 2.73. The number of benzene rings is 1. The summed E-state index contributed by atoms with van der Waals surface area (Å²) in [4.78, 5) is 23.0. The van der Waals surface area contributed by atoms with Gasteiger partial charge in [0.1, 0.15) is 0 Å². The lowest BCUT2D eigenvalue weighted by Gasteiger charge is -2.28. The molecule has 0 saturated carbocycles. The number of hydrogen-bond donors (Lipinski definition) is 0. The first-order valence-electron chi connectivity index (χ1n) is 9.32. The number of hydrogen-bond acceptors (Lipinski definition) is 4. The first-order chi connectivity index (χ1) is 12.8. The minimum Gasteiger partial charge on any atom is -0.337 e. The van der Waals surface area contributed by atoms with Gasteiger partial charge in [-0.1, -0.05) is 24.3 Å². The zero-order chi connectivity index (χ0) is 17.5. The number of imidazole rings is 1. The van der Waals surface area contributed by atoms with Crippen LogP contribution in [-0.2, 0) is 19.5 Å². The molecule has 3 aromatic rings. The molecule has 5 nitrogen and oxygen atoms in total. The molecule has 0 radical (unpaired) electrons. The van der Waals surface area contributed by atoms with Gasteiger partial charge in [-0.3, -0.25) is 14.1 Å². The Bertz CT molecular complexity index is 954. The molecule has 1 fully saturated rings. The highest BCUT2D eigenvalue weighted by molar-refractivity contribution is 7.15. The number of fused-ring (bicyclic) bond motifs is 2. The largest absolute Gasteiger partial charge is 0.337 e. The monoisotopic (exact) mass is 366 g/mol. The van der Waals surface area contributed by atoms with Crippen molar-refractivity contribution in [1.82, 2.24) is 19.2 Å². The van der Waals surface area contributed by atoms with Gasteiger partial charge in [0.25, 0.3) is 5.91 Å². The van der Waals surface area contributed by atoms with Crippen molar-refractivity contribution in [1.29, 1.82) is 0 Å². The van der Waals surface area contributed by atoms with Crippen molar-refractivity contribution >= 4 is 22.2 Å². The molecule has 134 valence electrons. The maximum atomic E-state index is 13.0. The smallest absolute Gasteiger partial charge is 0.274 e. The van der Waals surface area contributed by atoms with Crippen molar-refractivity contribution < 1.29 is 4.79 Å². The Morgan fingerprint density at radius 2 is 1.92 bits per heavy atom. The predicted molar refractivity (Wildman–Crippen MR) is 102 cm³/mol. The van der Waals surface area contributed by atoms with Gasteiger partial charge in [-0.15, -0.1) is 11.3 Å². The molecule has 2 aliphatic heterocycles. The molecule has 0 atom stereocenters. The fourth-order valence-corrected chi connectivity index (χ4v) is 4.86. The average Bonchev–Trinajstić information content (AvgIpc) is 3.40. The fraction of sp³-hybridized carbons (Fsp3) is 0.400. The first-order valence-corrected chi connectivity index (χ1v) is 10.2. The maximum absolute atomic E-state index is 13.0. The number of amides is 1. The fourth-order valence-electron chi connectivity index (χ4n) is 4.13. The van der Waals surface area contributed by atoms with Gasteiger partial charge in [0.15, 0.2) is 10.7 Å². The molecular formula is C20H22N4OS. The summed E-state index contributed by atoms with van der Waals surface area (Å²) < 4.78 is 2.11. The van der Waals surface area contributed by atoms with Crippen molar-refractivity contribution in [2.45, 2.75) is 32.4 Å². The molecule has 0 aliphatic carbocycles. The molecule has 1 saturated heterocycles. The number of likely N-dealkylation sites (tertiary alicyclic amines) is 1. The van der Waals surface area contributed by atoms with Gasteiger partial charge in [-0.05, 0) is 30.4 Å². The zero-order valence-corrected chi connectivity index (χ0v) is 15.5. The predicted octanol–water partition coefficient (Wildman–Crippen LogP) is 3.19. The van der Waals surface area contributed by atoms with Crippen LogP contribution < -0.4 is 0 Å². The highest BCUT2D eigenvalue weighted by Gasteiger charge is 2.28.